The summed E-state index contributed by atoms with van der Waals surface area (Å²) in [6.07, 6.45) is 7.91. The molecule has 0 radical (unpaired) electrons. The van der Waals surface area contributed by atoms with Gasteiger partial charge in [0.25, 0.3) is 0 Å². The number of rotatable bonds is 14. The summed E-state index contributed by atoms with van der Waals surface area (Å²) >= 11 is 1.63. The molecule has 212 valence electrons. The standard InChI is InChI=1S/C31H42N2O5S/c1-5-7-8-12-18-38-30(37)25-24-15-16-31(39-24)26(25)28(35)33(23(20-34)19-22-13-10-9-11-14-22)27(31)29(36)32(17-6-2)21(3)4/h5-6,9-11,13-14,21,23-27,34H,1-2,7-8,12,15-20H2,3-4H3/t23-,24+,25-,26+,27?,31?/m1/s1. The Kier molecular flexibility index (Phi) is 9.60. The third kappa shape index (κ3) is 5.55. The number of likely N-dealkylation sites (tertiary alicyclic amines) is 1. The molecule has 2 bridgehead atoms. The van der Waals surface area contributed by atoms with Crippen LogP contribution in [0.15, 0.2) is 55.6 Å². The normalized spacial score (nSPS) is 27.9. The highest BCUT2D eigenvalue weighted by Crippen LogP contribution is 2.67. The summed E-state index contributed by atoms with van der Waals surface area (Å²) in [4.78, 5) is 45.5. The van der Waals surface area contributed by atoms with Crippen LogP contribution in [0.1, 0.15) is 51.5 Å². The molecule has 4 rings (SSSR count). The summed E-state index contributed by atoms with van der Waals surface area (Å²) in [5.74, 6) is -1.92. The smallest absolute Gasteiger partial charge is 0.310 e. The van der Waals surface area contributed by atoms with E-state index in [-0.39, 0.29) is 35.7 Å². The Bertz CT molecular complexity index is 1060. The first-order chi connectivity index (χ1) is 18.8. The van der Waals surface area contributed by atoms with E-state index in [9.17, 15) is 19.5 Å². The molecule has 3 aliphatic heterocycles. The lowest BCUT2D eigenvalue weighted by atomic mass is 9.71. The quantitative estimate of drug-likeness (QED) is 0.213. The maximum absolute atomic E-state index is 14.3. The van der Waals surface area contributed by atoms with Gasteiger partial charge in [0.15, 0.2) is 0 Å². The molecule has 39 heavy (non-hydrogen) atoms. The number of carbonyl (C=O) groups excluding carboxylic acids is 3. The fourth-order valence-electron chi connectivity index (χ4n) is 6.68. The molecule has 1 N–H and O–H groups in total. The van der Waals surface area contributed by atoms with Crippen LogP contribution >= 0.6 is 11.8 Å². The number of allylic oxidation sites excluding steroid dienone is 1. The Morgan fingerprint density at radius 2 is 1.97 bits per heavy atom. The van der Waals surface area contributed by atoms with Crippen molar-refractivity contribution in [3.63, 3.8) is 0 Å². The molecule has 3 heterocycles. The fourth-order valence-corrected chi connectivity index (χ4v) is 8.87. The van der Waals surface area contributed by atoms with Gasteiger partial charge in [0.2, 0.25) is 11.8 Å². The Labute approximate surface area is 236 Å². The zero-order valence-corrected chi connectivity index (χ0v) is 24.0. The first-order valence-corrected chi connectivity index (χ1v) is 15.0. The molecular formula is C31H42N2O5S. The third-order valence-electron chi connectivity index (χ3n) is 8.44. The maximum atomic E-state index is 14.3. The Morgan fingerprint density at radius 1 is 1.23 bits per heavy atom. The van der Waals surface area contributed by atoms with Crippen LogP contribution in [-0.2, 0) is 25.5 Å². The van der Waals surface area contributed by atoms with Gasteiger partial charge in [-0.2, -0.15) is 0 Å². The molecule has 7 nitrogen and oxygen atoms in total. The summed E-state index contributed by atoms with van der Waals surface area (Å²) < 4.78 is 4.98. The van der Waals surface area contributed by atoms with E-state index >= 15 is 0 Å². The minimum absolute atomic E-state index is 0.0503. The summed E-state index contributed by atoms with van der Waals surface area (Å²) in [6.45, 7) is 11.9. The molecule has 1 aromatic rings. The van der Waals surface area contributed by atoms with Crippen molar-refractivity contribution >= 4 is 29.5 Å². The highest BCUT2D eigenvalue weighted by atomic mass is 32.2. The SMILES string of the molecule is C=CCCCCOC(=O)[C@@H]1[C@@H]2CCC3(S2)C(C(=O)N(CC=C)C(C)C)N([C@@H](CO)Cc2ccccc2)C(=O)[C@H]13. The average Bonchev–Trinajstić information content (AvgIpc) is 3.57. The third-order valence-corrected chi connectivity index (χ3v) is 10.4. The van der Waals surface area contributed by atoms with Gasteiger partial charge in [0.1, 0.15) is 6.04 Å². The van der Waals surface area contributed by atoms with E-state index in [1.54, 1.807) is 27.6 Å². The van der Waals surface area contributed by atoms with Gasteiger partial charge in [0, 0.05) is 17.8 Å². The number of ether oxygens (including phenoxy) is 1. The van der Waals surface area contributed by atoms with Gasteiger partial charge in [0.05, 0.1) is 35.8 Å². The molecule has 1 aromatic carbocycles. The fraction of sp³-hybridized carbons (Fsp3) is 0.581. The second-order valence-corrected chi connectivity index (χ2v) is 12.8. The minimum Gasteiger partial charge on any atom is -0.465 e. The molecule has 2 unspecified atom stereocenters. The Hall–Kier alpha value is -2.58. The first kappa shape index (κ1) is 29.4. The molecular weight excluding hydrogens is 512 g/mol. The lowest BCUT2D eigenvalue weighted by molar-refractivity contribution is -0.154. The highest BCUT2D eigenvalue weighted by Gasteiger charge is 2.74. The van der Waals surface area contributed by atoms with E-state index in [1.807, 2.05) is 50.3 Å². The van der Waals surface area contributed by atoms with Gasteiger partial charge in [-0.3, -0.25) is 14.4 Å². The van der Waals surface area contributed by atoms with Crippen LogP contribution in [0, 0.1) is 11.8 Å². The van der Waals surface area contributed by atoms with Gasteiger partial charge < -0.3 is 19.6 Å². The number of hydrogen-bond donors (Lipinski definition) is 1. The molecule has 3 fully saturated rings. The summed E-state index contributed by atoms with van der Waals surface area (Å²) in [6, 6.07) is 8.26. The molecule has 3 aliphatic rings. The number of fused-ring (bicyclic) bond motifs is 1. The highest BCUT2D eigenvalue weighted by molar-refractivity contribution is 8.02. The zero-order valence-electron chi connectivity index (χ0n) is 23.2. The Morgan fingerprint density at radius 3 is 2.62 bits per heavy atom. The van der Waals surface area contributed by atoms with Gasteiger partial charge in [-0.25, -0.2) is 0 Å². The Balaban J connectivity index is 1.69. The number of thioether (sulfide) groups is 1. The second kappa shape index (κ2) is 12.7. The minimum atomic E-state index is -0.765. The lowest BCUT2D eigenvalue weighted by Gasteiger charge is -2.40. The number of benzene rings is 1. The molecule has 0 saturated carbocycles. The largest absolute Gasteiger partial charge is 0.465 e. The number of unbranched alkanes of at least 4 members (excludes halogenated alkanes) is 2. The van der Waals surface area contributed by atoms with E-state index in [0.29, 0.717) is 26.0 Å². The molecule has 2 amide bonds. The van der Waals surface area contributed by atoms with Crippen molar-refractivity contribution in [1.82, 2.24) is 9.80 Å². The van der Waals surface area contributed by atoms with Gasteiger partial charge >= 0.3 is 5.97 Å². The van der Waals surface area contributed by atoms with E-state index in [1.165, 1.54) is 0 Å². The van der Waals surface area contributed by atoms with Crippen molar-refractivity contribution in [2.45, 2.75) is 80.5 Å². The zero-order chi connectivity index (χ0) is 28.2. The first-order valence-electron chi connectivity index (χ1n) is 14.1. The number of amides is 2. The van der Waals surface area contributed by atoms with Crippen LogP contribution in [-0.4, -0.2) is 80.6 Å². The number of esters is 1. The van der Waals surface area contributed by atoms with Crippen LogP contribution in [0.25, 0.3) is 0 Å². The summed E-state index contributed by atoms with van der Waals surface area (Å²) in [5, 5.41) is 10.5. The number of aliphatic hydroxyl groups excluding tert-OH is 1. The van der Waals surface area contributed by atoms with E-state index in [0.717, 1.165) is 31.2 Å². The van der Waals surface area contributed by atoms with Crippen molar-refractivity contribution in [3.8, 4) is 0 Å². The van der Waals surface area contributed by atoms with E-state index < -0.39 is 28.7 Å². The summed E-state index contributed by atoms with van der Waals surface area (Å²) in [5.41, 5.74) is 0.976. The van der Waals surface area contributed by atoms with Crippen molar-refractivity contribution in [3.05, 3.63) is 61.2 Å². The number of hydrogen-bond acceptors (Lipinski definition) is 6. The second-order valence-electron chi connectivity index (χ2n) is 11.2. The molecule has 8 heteroatoms. The molecule has 6 atom stereocenters. The topological polar surface area (TPSA) is 87.2 Å². The monoisotopic (exact) mass is 554 g/mol. The predicted molar refractivity (Wildman–Crippen MR) is 154 cm³/mol. The predicted octanol–water partition coefficient (Wildman–Crippen LogP) is 4.00. The summed E-state index contributed by atoms with van der Waals surface area (Å²) in [7, 11) is 0. The van der Waals surface area contributed by atoms with Gasteiger partial charge in [-0.15, -0.1) is 24.9 Å². The molecule has 0 aromatic heterocycles. The lowest BCUT2D eigenvalue weighted by Crippen LogP contribution is -2.58. The average molecular weight is 555 g/mol. The number of carbonyl (C=O) groups is 3. The van der Waals surface area contributed by atoms with Crippen LogP contribution in [0.4, 0.5) is 0 Å². The molecule has 1 spiro atoms. The van der Waals surface area contributed by atoms with Crippen molar-refractivity contribution in [2.75, 3.05) is 19.8 Å². The van der Waals surface area contributed by atoms with Crippen molar-refractivity contribution in [1.29, 1.82) is 0 Å². The van der Waals surface area contributed by atoms with Crippen molar-refractivity contribution < 1.29 is 24.2 Å². The van der Waals surface area contributed by atoms with Crippen LogP contribution in [0.2, 0.25) is 0 Å². The van der Waals surface area contributed by atoms with E-state index in [2.05, 4.69) is 13.2 Å². The molecule has 3 saturated heterocycles. The van der Waals surface area contributed by atoms with Gasteiger partial charge in [-0.05, 0) is 57.9 Å². The van der Waals surface area contributed by atoms with Gasteiger partial charge in [-0.1, -0.05) is 42.5 Å². The van der Waals surface area contributed by atoms with Crippen LogP contribution in [0.3, 0.4) is 0 Å². The maximum Gasteiger partial charge on any atom is 0.310 e. The van der Waals surface area contributed by atoms with Crippen LogP contribution < -0.4 is 0 Å². The number of aliphatic hydroxyl groups is 1. The molecule has 0 aliphatic carbocycles. The number of nitrogens with zero attached hydrogens (tertiary/aromatic N) is 2. The van der Waals surface area contributed by atoms with Crippen molar-refractivity contribution in [2.24, 2.45) is 11.8 Å². The van der Waals surface area contributed by atoms with Crippen LogP contribution in [0.5, 0.6) is 0 Å². The van der Waals surface area contributed by atoms with E-state index in [4.69, 9.17) is 4.74 Å².